The van der Waals surface area contributed by atoms with Crippen molar-refractivity contribution in [1.82, 2.24) is 14.9 Å². The predicted octanol–water partition coefficient (Wildman–Crippen LogP) is 4.85. The number of hydrogen-bond acceptors (Lipinski definition) is 5. The van der Waals surface area contributed by atoms with Gasteiger partial charge < -0.3 is 14.6 Å². The van der Waals surface area contributed by atoms with Gasteiger partial charge in [0.2, 0.25) is 0 Å². The molecule has 2 aromatic heterocycles. The zero-order valence-corrected chi connectivity index (χ0v) is 17.3. The average Bonchev–Trinajstić information content (AvgIpc) is 3.32. The fourth-order valence-corrected chi connectivity index (χ4v) is 3.16. The lowest BCUT2D eigenvalue weighted by Gasteiger charge is -2.09. The number of halogens is 2. The van der Waals surface area contributed by atoms with Crippen LogP contribution in [0.25, 0.3) is 0 Å². The van der Waals surface area contributed by atoms with Crippen LogP contribution in [0.3, 0.4) is 0 Å². The Morgan fingerprint density at radius 1 is 1.26 bits per heavy atom. The van der Waals surface area contributed by atoms with E-state index in [2.05, 4.69) is 15.6 Å². The number of nitrogens with zero attached hydrogens (tertiary/aromatic N) is 3. The number of carbonyl (C=O) groups excluding carboxylic acids is 1. The first-order valence-corrected chi connectivity index (χ1v) is 9.78. The Balaban J connectivity index is 1.47. The van der Waals surface area contributed by atoms with Gasteiger partial charge >= 0.3 is 0 Å². The molecule has 0 unspecified atom stereocenters. The molecule has 1 N–H and O–H groups in total. The average molecular weight is 441 g/mol. The van der Waals surface area contributed by atoms with E-state index in [4.69, 9.17) is 20.9 Å². The summed E-state index contributed by atoms with van der Waals surface area (Å²) in [5, 5.41) is 11.4. The van der Waals surface area contributed by atoms with Gasteiger partial charge in [0.05, 0.1) is 23.3 Å². The standard InChI is InChI=1S/C22H18ClFN4O3/c1-14-18(13-30-20-8-3-2-7-19(20)24)21(27-31-14)22(29)26-17-6-4-5-15(9-17)11-28-12-16(23)10-25-28/h2-10,12H,11,13H2,1H3,(H,26,29). The number of rotatable bonds is 7. The summed E-state index contributed by atoms with van der Waals surface area (Å²) in [4.78, 5) is 12.8. The highest BCUT2D eigenvalue weighted by Gasteiger charge is 2.21. The van der Waals surface area contributed by atoms with Gasteiger partial charge in [-0.25, -0.2) is 4.39 Å². The van der Waals surface area contributed by atoms with Gasteiger partial charge in [-0.15, -0.1) is 0 Å². The molecule has 0 radical (unpaired) electrons. The normalized spacial score (nSPS) is 10.8. The number of para-hydroxylation sites is 1. The molecule has 31 heavy (non-hydrogen) atoms. The topological polar surface area (TPSA) is 82.2 Å². The number of benzene rings is 2. The molecule has 2 aromatic carbocycles. The SMILES string of the molecule is Cc1onc(C(=O)Nc2cccc(Cn3cc(Cl)cn3)c2)c1COc1ccccc1F. The molecule has 1 amide bonds. The van der Waals surface area contributed by atoms with Crippen LogP contribution >= 0.6 is 11.6 Å². The first kappa shape index (κ1) is 20.6. The van der Waals surface area contributed by atoms with Gasteiger partial charge in [0.25, 0.3) is 5.91 Å². The summed E-state index contributed by atoms with van der Waals surface area (Å²) in [7, 11) is 0. The van der Waals surface area contributed by atoms with Crippen molar-refractivity contribution in [2.24, 2.45) is 0 Å². The molecule has 0 aliphatic carbocycles. The van der Waals surface area contributed by atoms with Crippen LogP contribution in [-0.2, 0) is 13.2 Å². The van der Waals surface area contributed by atoms with Gasteiger partial charge in [0, 0.05) is 11.9 Å². The lowest BCUT2D eigenvalue weighted by atomic mass is 10.1. The molecule has 0 fully saturated rings. The van der Waals surface area contributed by atoms with E-state index in [-0.39, 0.29) is 18.1 Å². The zero-order valence-electron chi connectivity index (χ0n) is 16.5. The van der Waals surface area contributed by atoms with E-state index < -0.39 is 11.7 Å². The number of aryl methyl sites for hydroxylation is 1. The summed E-state index contributed by atoms with van der Waals surface area (Å²) < 4.78 is 26.2. The van der Waals surface area contributed by atoms with E-state index in [0.717, 1.165) is 5.56 Å². The highest BCUT2D eigenvalue weighted by atomic mass is 35.5. The van der Waals surface area contributed by atoms with E-state index in [1.807, 2.05) is 18.2 Å². The molecule has 0 saturated carbocycles. The third-order valence-electron chi connectivity index (χ3n) is 4.54. The van der Waals surface area contributed by atoms with Crippen molar-refractivity contribution in [3.8, 4) is 5.75 Å². The molecule has 158 valence electrons. The van der Waals surface area contributed by atoms with Crippen LogP contribution in [0, 0.1) is 12.7 Å². The molecule has 4 aromatic rings. The summed E-state index contributed by atoms with van der Waals surface area (Å²) in [5.74, 6) is -0.437. The largest absolute Gasteiger partial charge is 0.486 e. The number of hydrogen-bond donors (Lipinski definition) is 1. The second kappa shape index (κ2) is 9.01. The first-order valence-electron chi connectivity index (χ1n) is 9.40. The third-order valence-corrected chi connectivity index (χ3v) is 4.73. The van der Waals surface area contributed by atoms with Crippen molar-refractivity contribution in [2.45, 2.75) is 20.1 Å². The highest BCUT2D eigenvalue weighted by molar-refractivity contribution is 6.30. The summed E-state index contributed by atoms with van der Waals surface area (Å²) in [5.41, 5.74) is 2.04. The van der Waals surface area contributed by atoms with Crippen LogP contribution < -0.4 is 10.1 Å². The highest BCUT2D eigenvalue weighted by Crippen LogP contribution is 2.21. The van der Waals surface area contributed by atoms with Crippen LogP contribution in [0.5, 0.6) is 5.75 Å². The van der Waals surface area contributed by atoms with E-state index in [9.17, 15) is 9.18 Å². The quantitative estimate of drug-likeness (QED) is 0.444. The Morgan fingerprint density at radius 2 is 2.10 bits per heavy atom. The van der Waals surface area contributed by atoms with Crippen molar-refractivity contribution >= 4 is 23.2 Å². The number of anilines is 1. The zero-order chi connectivity index (χ0) is 21.8. The molecule has 0 bridgehead atoms. The number of ether oxygens (including phenoxy) is 1. The van der Waals surface area contributed by atoms with Gasteiger partial charge in [0.15, 0.2) is 17.3 Å². The van der Waals surface area contributed by atoms with Crippen molar-refractivity contribution in [1.29, 1.82) is 0 Å². The molecule has 4 rings (SSSR count). The molecular weight excluding hydrogens is 423 g/mol. The van der Waals surface area contributed by atoms with Crippen LogP contribution in [0.15, 0.2) is 65.4 Å². The van der Waals surface area contributed by atoms with E-state index >= 15 is 0 Å². The molecule has 0 spiro atoms. The van der Waals surface area contributed by atoms with Gasteiger partial charge in [-0.1, -0.05) is 41.0 Å². The van der Waals surface area contributed by atoms with E-state index in [1.165, 1.54) is 12.1 Å². The Kier molecular flexibility index (Phi) is 5.99. The fraction of sp³-hybridized carbons (Fsp3) is 0.136. The third kappa shape index (κ3) is 4.92. The molecule has 0 saturated heterocycles. The van der Waals surface area contributed by atoms with E-state index in [0.29, 0.717) is 28.6 Å². The fourth-order valence-electron chi connectivity index (χ4n) is 3.00. The Bertz CT molecular complexity index is 1220. The second-order valence-corrected chi connectivity index (χ2v) is 7.23. The number of amides is 1. The summed E-state index contributed by atoms with van der Waals surface area (Å²) in [6.07, 6.45) is 3.28. The molecule has 0 aliphatic rings. The van der Waals surface area contributed by atoms with Crippen LogP contribution in [-0.4, -0.2) is 20.8 Å². The van der Waals surface area contributed by atoms with E-state index in [1.54, 1.807) is 42.2 Å². The van der Waals surface area contributed by atoms with Crippen LogP contribution in [0.1, 0.15) is 27.4 Å². The molecule has 7 nitrogen and oxygen atoms in total. The van der Waals surface area contributed by atoms with Crippen LogP contribution in [0.2, 0.25) is 5.02 Å². The molecule has 9 heteroatoms. The summed E-state index contributed by atoms with van der Waals surface area (Å²) in [6, 6.07) is 13.4. The second-order valence-electron chi connectivity index (χ2n) is 6.80. The van der Waals surface area contributed by atoms with Gasteiger partial charge in [0.1, 0.15) is 12.4 Å². The first-order chi connectivity index (χ1) is 15.0. The minimum absolute atomic E-state index is 0.0564. The lowest BCUT2D eigenvalue weighted by molar-refractivity contribution is 0.101. The molecule has 0 aliphatic heterocycles. The minimum Gasteiger partial charge on any atom is -0.486 e. The molecule has 2 heterocycles. The molecular formula is C22H18ClFN4O3. The van der Waals surface area contributed by atoms with Gasteiger partial charge in [-0.2, -0.15) is 5.10 Å². The Hall–Kier alpha value is -3.65. The molecule has 0 atom stereocenters. The Morgan fingerprint density at radius 3 is 2.87 bits per heavy atom. The maximum Gasteiger partial charge on any atom is 0.278 e. The summed E-state index contributed by atoms with van der Waals surface area (Å²) >= 11 is 5.90. The summed E-state index contributed by atoms with van der Waals surface area (Å²) in [6.45, 7) is 2.11. The number of carbonyl (C=O) groups is 1. The van der Waals surface area contributed by atoms with Crippen LogP contribution in [0.4, 0.5) is 10.1 Å². The maximum atomic E-state index is 13.8. The predicted molar refractivity (Wildman–Crippen MR) is 113 cm³/mol. The maximum absolute atomic E-state index is 13.8. The van der Waals surface area contributed by atoms with Crippen molar-refractivity contribution in [3.63, 3.8) is 0 Å². The number of aromatic nitrogens is 3. The minimum atomic E-state index is -0.488. The van der Waals surface area contributed by atoms with Crippen molar-refractivity contribution in [3.05, 3.63) is 94.3 Å². The van der Waals surface area contributed by atoms with Crippen molar-refractivity contribution < 1.29 is 18.4 Å². The van der Waals surface area contributed by atoms with Gasteiger partial charge in [-0.3, -0.25) is 9.48 Å². The Labute approximate surface area is 182 Å². The van der Waals surface area contributed by atoms with Crippen molar-refractivity contribution in [2.75, 3.05) is 5.32 Å². The monoisotopic (exact) mass is 440 g/mol. The smallest absolute Gasteiger partial charge is 0.278 e. The number of nitrogens with one attached hydrogen (secondary N) is 1. The lowest BCUT2D eigenvalue weighted by Crippen LogP contribution is -2.15. The van der Waals surface area contributed by atoms with Gasteiger partial charge in [-0.05, 0) is 36.8 Å².